The van der Waals surface area contributed by atoms with Crippen molar-refractivity contribution in [3.8, 4) is 0 Å². The fourth-order valence-corrected chi connectivity index (χ4v) is 2.51. The molecule has 1 aliphatic heterocycles. The summed E-state index contributed by atoms with van der Waals surface area (Å²) in [4.78, 5) is 2.49. The third-order valence-electron chi connectivity index (χ3n) is 3.53. The van der Waals surface area contributed by atoms with Crippen LogP contribution in [0.4, 0.5) is 0 Å². The van der Waals surface area contributed by atoms with E-state index in [1.807, 2.05) is 23.1 Å². The van der Waals surface area contributed by atoms with Crippen molar-refractivity contribution in [3.63, 3.8) is 0 Å². The molecule has 0 bridgehead atoms. The van der Waals surface area contributed by atoms with E-state index < -0.39 is 0 Å². The quantitative estimate of drug-likeness (QED) is 0.836. The minimum Gasteiger partial charge on any atom is -0.378 e. The first-order chi connectivity index (χ1) is 9.42. The molecule has 0 aliphatic carbocycles. The van der Waals surface area contributed by atoms with Gasteiger partial charge in [-0.25, -0.2) is 0 Å². The molecule has 0 saturated carbocycles. The molecule has 1 aliphatic rings. The summed E-state index contributed by atoms with van der Waals surface area (Å²) >= 11 is 0. The minimum atomic E-state index is 0.397. The van der Waals surface area contributed by atoms with Gasteiger partial charge in [0.25, 0.3) is 0 Å². The average Bonchev–Trinajstić information content (AvgIpc) is 2.95. The Hall–Kier alpha value is -1.65. The standard InChI is InChI=1S/C15H19N3O/c1-2-5-14(6-3-1)11-17-9-10-19-13-15(17)12-18-8-4-7-16-18/h1-8,15H,9-13H2. The third kappa shape index (κ3) is 3.22. The van der Waals surface area contributed by atoms with Crippen molar-refractivity contribution in [2.24, 2.45) is 0 Å². The molecule has 1 unspecified atom stereocenters. The number of ether oxygens (including phenoxy) is 1. The highest BCUT2D eigenvalue weighted by molar-refractivity contribution is 5.14. The van der Waals surface area contributed by atoms with Crippen molar-refractivity contribution in [3.05, 3.63) is 54.4 Å². The molecule has 1 atom stereocenters. The van der Waals surface area contributed by atoms with Crippen molar-refractivity contribution in [2.75, 3.05) is 19.8 Å². The first-order valence-corrected chi connectivity index (χ1v) is 6.75. The molecule has 4 heteroatoms. The molecule has 0 N–H and O–H groups in total. The Morgan fingerprint density at radius 1 is 1.21 bits per heavy atom. The molecule has 3 rings (SSSR count). The predicted molar refractivity (Wildman–Crippen MR) is 73.7 cm³/mol. The van der Waals surface area contributed by atoms with Crippen molar-refractivity contribution >= 4 is 0 Å². The topological polar surface area (TPSA) is 30.3 Å². The van der Waals surface area contributed by atoms with E-state index in [0.29, 0.717) is 6.04 Å². The van der Waals surface area contributed by atoms with E-state index >= 15 is 0 Å². The predicted octanol–water partition coefficient (Wildman–Crippen LogP) is 1.78. The summed E-state index contributed by atoms with van der Waals surface area (Å²) in [6, 6.07) is 13.0. The highest BCUT2D eigenvalue weighted by Crippen LogP contribution is 2.13. The molecule has 1 saturated heterocycles. The van der Waals surface area contributed by atoms with Crippen LogP contribution in [0.1, 0.15) is 5.56 Å². The Bertz CT molecular complexity index is 483. The van der Waals surface area contributed by atoms with Gasteiger partial charge in [0, 0.05) is 25.5 Å². The lowest BCUT2D eigenvalue weighted by atomic mass is 10.1. The molecule has 0 amide bonds. The molecule has 1 fully saturated rings. The molecule has 0 spiro atoms. The van der Waals surface area contributed by atoms with E-state index in [2.05, 4.69) is 40.3 Å². The number of aromatic nitrogens is 2. The Morgan fingerprint density at radius 3 is 2.89 bits per heavy atom. The van der Waals surface area contributed by atoms with Crippen LogP contribution < -0.4 is 0 Å². The maximum atomic E-state index is 5.62. The zero-order valence-corrected chi connectivity index (χ0v) is 11.0. The van der Waals surface area contributed by atoms with Crippen molar-refractivity contribution in [1.82, 2.24) is 14.7 Å². The number of rotatable bonds is 4. The smallest absolute Gasteiger partial charge is 0.0640 e. The van der Waals surface area contributed by atoms with Crippen LogP contribution in [0.15, 0.2) is 48.8 Å². The van der Waals surface area contributed by atoms with Gasteiger partial charge in [-0.15, -0.1) is 0 Å². The normalized spacial score (nSPS) is 20.5. The van der Waals surface area contributed by atoms with Crippen molar-refractivity contribution < 1.29 is 4.74 Å². The highest BCUT2D eigenvalue weighted by atomic mass is 16.5. The molecular weight excluding hydrogens is 238 g/mol. The first-order valence-electron chi connectivity index (χ1n) is 6.75. The fourth-order valence-electron chi connectivity index (χ4n) is 2.51. The van der Waals surface area contributed by atoms with E-state index in [-0.39, 0.29) is 0 Å². The second-order valence-corrected chi connectivity index (χ2v) is 4.91. The lowest BCUT2D eigenvalue weighted by Crippen LogP contribution is -2.47. The van der Waals surface area contributed by atoms with Crippen LogP contribution in [0, 0.1) is 0 Å². The van der Waals surface area contributed by atoms with Crippen molar-refractivity contribution in [2.45, 2.75) is 19.1 Å². The zero-order chi connectivity index (χ0) is 12.9. The van der Waals surface area contributed by atoms with Crippen LogP contribution in [-0.4, -0.2) is 40.5 Å². The lowest BCUT2D eigenvalue weighted by Gasteiger charge is -2.35. The average molecular weight is 257 g/mol. The molecule has 19 heavy (non-hydrogen) atoms. The fraction of sp³-hybridized carbons (Fsp3) is 0.400. The minimum absolute atomic E-state index is 0.397. The number of nitrogens with zero attached hydrogens (tertiary/aromatic N) is 3. The van der Waals surface area contributed by atoms with Gasteiger partial charge in [0.1, 0.15) is 0 Å². The maximum Gasteiger partial charge on any atom is 0.0640 e. The Kier molecular flexibility index (Phi) is 3.91. The SMILES string of the molecule is c1ccc(CN2CCOCC2Cn2cccn2)cc1. The van der Waals surface area contributed by atoms with E-state index in [0.717, 1.165) is 32.8 Å². The molecule has 0 radical (unpaired) electrons. The lowest BCUT2D eigenvalue weighted by molar-refractivity contribution is -0.0187. The van der Waals surface area contributed by atoms with E-state index in [1.54, 1.807) is 0 Å². The summed E-state index contributed by atoms with van der Waals surface area (Å²) in [5.74, 6) is 0. The Labute approximate surface area is 113 Å². The van der Waals surface area contributed by atoms with Crippen LogP contribution in [-0.2, 0) is 17.8 Å². The summed E-state index contributed by atoms with van der Waals surface area (Å²) in [6.45, 7) is 4.46. The summed E-state index contributed by atoms with van der Waals surface area (Å²) in [7, 11) is 0. The molecule has 1 aromatic heterocycles. The first kappa shape index (κ1) is 12.4. The molecule has 2 heterocycles. The Morgan fingerprint density at radius 2 is 2.11 bits per heavy atom. The number of hydrogen-bond donors (Lipinski definition) is 0. The molecule has 100 valence electrons. The monoisotopic (exact) mass is 257 g/mol. The van der Waals surface area contributed by atoms with Gasteiger partial charge in [-0.05, 0) is 11.6 Å². The largest absolute Gasteiger partial charge is 0.378 e. The highest BCUT2D eigenvalue weighted by Gasteiger charge is 2.23. The molecule has 1 aromatic carbocycles. The van der Waals surface area contributed by atoms with Crippen LogP contribution in [0.3, 0.4) is 0 Å². The summed E-state index contributed by atoms with van der Waals surface area (Å²) in [5, 5.41) is 4.29. The van der Waals surface area contributed by atoms with Gasteiger partial charge in [0.2, 0.25) is 0 Å². The summed E-state index contributed by atoms with van der Waals surface area (Å²) in [5.41, 5.74) is 1.36. The summed E-state index contributed by atoms with van der Waals surface area (Å²) < 4.78 is 7.60. The zero-order valence-electron chi connectivity index (χ0n) is 11.0. The molecule has 2 aromatic rings. The number of morpholine rings is 1. The van der Waals surface area contributed by atoms with Gasteiger partial charge in [-0.3, -0.25) is 9.58 Å². The second-order valence-electron chi connectivity index (χ2n) is 4.91. The van der Waals surface area contributed by atoms with E-state index in [1.165, 1.54) is 5.56 Å². The molecule has 4 nitrogen and oxygen atoms in total. The van der Waals surface area contributed by atoms with Gasteiger partial charge < -0.3 is 4.74 Å². The maximum absolute atomic E-state index is 5.62. The van der Waals surface area contributed by atoms with Crippen LogP contribution in [0.25, 0.3) is 0 Å². The van der Waals surface area contributed by atoms with E-state index in [4.69, 9.17) is 4.74 Å². The molecular formula is C15H19N3O. The number of benzene rings is 1. The Balaban J connectivity index is 1.67. The summed E-state index contributed by atoms with van der Waals surface area (Å²) in [6.07, 6.45) is 3.83. The van der Waals surface area contributed by atoms with Gasteiger partial charge in [-0.1, -0.05) is 30.3 Å². The van der Waals surface area contributed by atoms with Gasteiger partial charge in [0.05, 0.1) is 25.8 Å². The van der Waals surface area contributed by atoms with Gasteiger partial charge in [-0.2, -0.15) is 5.10 Å². The van der Waals surface area contributed by atoms with Gasteiger partial charge in [0.15, 0.2) is 0 Å². The van der Waals surface area contributed by atoms with Crippen molar-refractivity contribution in [1.29, 1.82) is 0 Å². The van der Waals surface area contributed by atoms with Crippen LogP contribution in [0.2, 0.25) is 0 Å². The number of hydrogen-bond acceptors (Lipinski definition) is 3. The second kappa shape index (κ2) is 5.99. The van der Waals surface area contributed by atoms with E-state index in [9.17, 15) is 0 Å². The van der Waals surface area contributed by atoms with Crippen LogP contribution in [0.5, 0.6) is 0 Å². The van der Waals surface area contributed by atoms with Gasteiger partial charge >= 0.3 is 0 Å². The van der Waals surface area contributed by atoms with Crippen LogP contribution >= 0.6 is 0 Å². The third-order valence-corrected chi connectivity index (χ3v) is 3.53.